The summed E-state index contributed by atoms with van der Waals surface area (Å²) in [6.45, 7) is 8.71. The minimum Gasteiger partial charge on any atom is -0.0877 e. The molecule has 0 aromatic carbocycles. The van der Waals surface area contributed by atoms with E-state index in [2.05, 4.69) is 39.0 Å². The molecule has 0 saturated carbocycles. The Morgan fingerprint density at radius 1 is 1.50 bits per heavy atom. The molecule has 0 heteroatoms. The first kappa shape index (κ1) is 9.48. The summed E-state index contributed by atoms with van der Waals surface area (Å²) in [6.07, 6.45) is 7.58. The fraction of sp³-hybridized carbons (Fsp3) is 0.600. The van der Waals surface area contributed by atoms with Crippen LogP contribution >= 0.6 is 0 Å². The molecule has 0 aliphatic rings. The van der Waals surface area contributed by atoms with Crippen LogP contribution in [0.15, 0.2) is 23.8 Å². The van der Waals surface area contributed by atoms with Crippen molar-refractivity contribution in [1.82, 2.24) is 0 Å². The highest BCUT2D eigenvalue weighted by Crippen LogP contribution is 2.12. The monoisotopic (exact) mass is 138 g/mol. The Kier molecular flexibility index (Phi) is 5.00. The maximum atomic E-state index is 2.26. The van der Waals surface area contributed by atoms with Gasteiger partial charge in [-0.3, -0.25) is 0 Å². The fourth-order valence-electron chi connectivity index (χ4n) is 0.734. The van der Waals surface area contributed by atoms with Crippen molar-refractivity contribution in [1.29, 1.82) is 0 Å². The quantitative estimate of drug-likeness (QED) is 0.523. The van der Waals surface area contributed by atoms with E-state index in [4.69, 9.17) is 0 Å². The van der Waals surface area contributed by atoms with E-state index in [1.807, 2.05) is 6.92 Å². The lowest BCUT2D eigenvalue weighted by Crippen LogP contribution is -1.92. The van der Waals surface area contributed by atoms with Gasteiger partial charge in [0.25, 0.3) is 0 Å². The van der Waals surface area contributed by atoms with Crippen molar-refractivity contribution in [3.05, 3.63) is 23.8 Å². The normalized spacial score (nSPS) is 16.2. The predicted molar refractivity (Wildman–Crippen MR) is 48.0 cm³/mol. The highest BCUT2D eigenvalue weighted by Gasteiger charge is 1.97. The summed E-state index contributed by atoms with van der Waals surface area (Å²) in [6, 6.07) is 0. The molecule has 0 aromatic heterocycles. The Morgan fingerprint density at radius 2 is 2.10 bits per heavy atom. The number of hydrogen-bond donors (Lipinski definition) is 0. The van der Waals surface area contributed by atoms with E-state index in [0.717, 1.165) is 5.92 Å². The van der Waals surface area contributed by atoms with Crippen LogP contribution in [0.3, 0.4) is 0 Å². The van der Waals surface area contributed by atoms with Crippen LogP contribution in [0.2, 0.25) is 0 Å². The van der Waals surface area contributed by atoms with Gasteiger partial charge in [0, 0.05) is 0 Å². The molecule has 0 heterocycles. The van der Waals surface area contributed by atoms with E-state index < -0.39 is 0 Å². The molecular formula is C10H18. The molecule has 0 amide bonds. The van der Waals surface area contributed by atoms with Crippen LogP contribution in [-0.2, 0) is 0 Å². The maximum Gasteiger partial charge on any atom is -0.0234 e. The van der Waals surface area contributed by atoms with Crippen molar-refractivity contribution in [2.24, 2.45) is 5.92 Å². The summed E-state index contributed by atoms with van der Waals surface area (Å²) in [5.74, 6) is 0.733. The van der Waals surface area contributed by atoms with Crippen LogP contribution in [0.4, 0.5) is 0 Å². The Balaban J connectivity index is 3.91. The van der Waals surface area contributed by atoms with Gasteiger partial charge in [0.2, 0.25) is 0 Å². The van der Waals surface area contributed by atoms with Gasteiger partial charge < -0.3 is 0 Å². The van der Waals surface area contributed by atoms with Crippen molar-refractivity contribution >= 4 is 0 Å². The Morgan fingerprint density at radius 3 is 2.50 bits per heavy atom. The first-order valence-corrected chi connectivity index (χ1v) is 4.01. The van der Waals surface area contributed by atoms with Gasteiger partial charge in [-0.1, -0.05) is 37.6 Å². The average Bonchev–Trinajstić information content (AvgIpc) is 1.98. The van der Waals surface area contributed by atoms with E-state index in [-0.39, 0.29) is 0 Å². The molecule has 1 unspecified atom stereocenters. The third-order valence-electron chi connectivity index (χ3n) is 1.94. The predicted octanol–water partition coefficient (Wildman–Crippen LogP) is 3.55. The highest BCUT2D eigenvalue weighted by molar-refractivity contribution is 5.11. The molecule has 0 rings (SSSR count). The highest BCUT2D eigenvalue weighted by atomic mass is 14.0. The Hall–Kier alpha value is -0.520. The van der Waals surface area contributed by atoms with E-state index in [1.165, 1.54) is 12.0 Å². The first-order valence-electron chi connectivity index (χ1n) is 4.01. The Bertz CT molecular complexity index is 129. The van der Waals surface area contributed by atoms with Gasteiger partial charge in [-0.2, -0.15) is 0 Å². The van der Waals surface area contributed by atoms with E-state index in [9.17, 15) is 0 Å². The second-order valence-electron chi connectivity index (χ2n) is 2.75. The lowest BCUT2D eigenvalue weighted by molar-refractivity contribution is 0.655. The third-order valence-corrected chi connectivity index (χ3v) is 1.94. The Labute approximate surface area is 64.6 Å². The van der Waals surface area contributed by atoms with Crippen LogP contribution < -0.4 is 0 Å². The van der Waals surface area contributed by atoms with Crippen LogP contribution in [0.1, 0.15) is 34.1 Å². The molecule has 0 N–H and O–H groups in total. The van der Waals surface area contributed by atoms with Gasteiger partial charge >= 0.3 is 0 Å². The van der Waals surface area contributed by atoms with Gasteiger partial charge in [-0.05, 0) is 26.2 Å². The first-order chi connectivity index (χ1) is 4.72. The lowest BCUT2D eigenvalue weighted by Gasteiger charge is -2.06. The van der Waals surface area contributed by atoms with Crippen LogP contribution in [0.25, 0.3) is 0 Å². The van der Waals surface area contributed by atoms with E-state index in [0.29, 0.717) is 0 Å². The standard InChI is InChI=1S/C10H18/c1-5-7-8-10(4)9(3)6-2/h5,7-9H,6H2,1-4H3/b7-5+,10-8+. The molecule has 0 aliphatic heterocycles. The molecule has 0 radical (unpaired) electrons. The molecule has 0 saturated heterocycles. The van der Waals surface area contributed by atoms with Gasteiger partial charge in [-0.15, -0.1) is 0 Å². The van der Waals surface area contributed by atoms with E-state index >= 15 is 0 Å². The molecule has 0 bridgehead atoms. The lowest BCUT2D eigenvalue weighted by atomic mass is 10.00. The van der Waals surface area contributed by atoms with Crippen molar-refractivity contribution in [2.45, 2.75) is 34.1 Å². The molecule has 58 valence electrons. The summed E-state index contributed by atoms with van der Waals surface area (Å²) in [5.41, 5.74) is 1.47. The smallest absolute Gasteiger partial charge is 0.0234 e. The third kappa shape index (κ3) is 3.49. The second kappa shape index (κ2) is 5.28. The maximum absolute atomic E-state index is 2.26. The minimum atomic E-state index is 0.733. The van der Waals surface area contributed by atoms with Gasteiger partial charge in [0.15, 0.2) is 0 Å². The van der Waals surface area contributed by atoms with Crippen LogP contribution in [0, 0.1) is 5.92 Å². The van der Waals surface area contributed by atoms with Crippen LogP contribution in [-0.4, -0.2) is 0 Å². The summed E-state index contributed by atoms with van der Waals surface area (Å²) in [5, 5.41) is 0. The molecule has 0 spiro atoms. The van der Waals surface area contributed by atoms with Crippen molar-refractivity contribution in [2.75, 3.05) is 0 Å². The zero-order valence-electron chi connectivity index (χ0n) is 7.52. The number of rotatable bonds is 3. The van der Waals surface area contributed by atoms with Crippen molar-refractivity contribution in [3.63, 3.8) is 0 Å². The van der Waals surface area contributed by atoms with Gasteiger partial charge in [0.1, 0.15) is 0 Å². The largest absolute Gasteiger partial charge is 0.0877 e. The summed E-state index contributed by atoms with van der Waals surface area (Å²) in [7, 11) is 0. The SMILES string of the molecule is C/C=C/C=C(\C)C(C)CC. The molecule has 0 nitrogen and oxygen atoms in total. The molecule has 10 heavy (non-hydrogen) atoms. The summed E-state index contributed by atoms with van der Waals surface area (Å²) >= 11 is 0. The zero-order chi connectivity index (χ0) is 7.98. The fourth-order valence-corrected chi connectivity index (χ4v) is 0.734. The second-order valence-corrected chi connectivity index (χ2v) is 2.75. The van der Waals surface area contributed by atoms with Crippen molar-refractivity contribution in [3.8, 4) is 0 Å². The topological polar surface area (TPSA) is 0 Å². The van der Waals surface area contributed by atoms with Gasteiger partial charge in [-0.25, -0.2) is 0 Å². The molecule has 0 aliphatic carbocycles. The average molecular weight is 138 g/mol. The molecule has 1 atom stereocenters. The molecule has 0 aromatic rings. The summed E-state index contributed by atoms with van der Waals surface area (Å²) in [4.78, 5) is 0. The van der Waals surface area contributed by atoms with Crippen LogP contribution in [0.5, 0.6) is 0 Å². The summed E-state index contributed by atoms with van der Waals surface area (Å²) < 4.78 is 0. The molecular weight excluding hydrogens is 120 g/mol. The van der Waals surface area contributed by atoms with Crippen molar-refractivity contribution < 1.29 is 0 Å². The minimum absolute atomic E-state index is 0.733. The molecule has 0 fully saturated rings. The number of allylic oxidation sites excluding steroid dienone is 4. The van der Waals surface area contributed by atoms with Gasteiger partial charge in [0.05, 0.1) is 0 Å². The number of hydrogen-bond acceptors (Lipinski definition) is 0. The zero-order valence-corrected chi connectivity index (χ0v) is 7.52. The van der Waals surface area contributed by atoms with E-state index in [1.54, 1.807) is 0 Å².